The highest BCUT2D eigenvalue weighted by Gasteiger charge is 2.16. The molecule has 1 aliphatic carbocycles. The lowest BCUT2D eigenvalue weighted by molar-refractivity contribution is 0.675. The van der Waals surface area contributed by atoms with Crippen LogP contribution in [0.25, 0.3) is 0 Å². The van der Waals surface area contributed by atoms with Gasteiger partial charge >= 0.3 is 0 Å². The van der Waals surface area contributed by atoms with E-state index >= 15 is 0 Å². The second-order valence-corrected chi connectivity index (χ2v) is 6.09. The molecule has 1 aromatic carbocycles. The third kappa shape index (κ3) is 2.12. The minimum Gasteiger partial charge on any atom is -0.244 e. The van der Waals surface area contributed by atoms with Crippen molar-refractivity contribution in [3.8, 4) is 0 Å². The summed E-state index contributed by atoms with van der Waals surface area (Å²) in [5.74, 6) is 0.605. The monoisotopic (exact) mass is 221 g/mol. The number of benzene rings is 1. The number of rotatable bonds is 3. The van der Waals surface area contributed by atoms with E-state index in [2.05, 4.69) is 10.4 Å². The highest BCUT2D eigenvalue weighted by molar-refractivity contribution is 7.93. The molecule has 0 fully saturated rings. The van der Waals surface area contributed by atoms with Crippen molar-refractivity contribution >= 4 is 9.73 Å². The van der Waals surface area contributed by atoms with E-state index in [1.54, 1.807) is 7.05 Å². The molecule has 0 N–H and O–H groups in total. The summed E-state index contributed by atoms with van der Waals surface area (Å²) in [7, 11) is -0.562. The summed E-state index contributed by atoms with van der Waals surface area (Å²) < 4.78 is 16.7. The Hall–Kier alpha value is -1.09. The smallest absolute Gasteiger partial charge is 0.0788 e. The SMILES string of the molecule is CN=S(=O)(CC1=CCC1)c1ccccc1. The average Bonchev–Trinajstić information content (AvgIpc) is 2.24. The van der Waals surface area contributed by atoms with Crippen LogP contribution in [0.3, 0.4) is 0 Å². The van der Waals surface area contributed by atoms with Gasteiger partial charge < -0.3 is 0 Å². The van der Waals surface area contributed by atoms with Gasteiger partial charge in [0.15, 0.2) is 0 Å². The first-order chi connectivity index (χ1) is 7.24. The highest BCUT2D eigenvalue weighted by Crippen LogP contribution is 2.24. The van der Waals surface area contributed by atoms with E-state index < -0.39 is 9.73 Å². The fraction of sp³-hybridized carbons (Fsp3) is 0.333. The predicted octanol–water partition coefficient (Wildman–Crippen LogP) is 2.86. The molecule has 15 heavy (non-hydrogen) atoms. The summed E-state index contributed by atoms with van der Waals surface area (Å²) in [6.45, 7) is 0. The minimum atomic E-state index is -2.21. The van der Waals surface area contributed by atoms with Gasteiger partial charge in [-0.15, -0.1) is 0 Å². The molecule has 0 saturated heterocycles. The second-order valence-electron chi connectivity index (χ2n) is 3.68. The first-order valence-corrected chi connectivity index (χ1v) is 6.79. The van der Waals surface area contributed by atoms with Crippen molar-refractivity contribution in [2.45, 2.75) is 17.7 Å². The molecular weight excluding hydrogens is 206 g/mol. The molecule has 2 rings (SSSR count). The molecular formula is C12H15NOS. The van der Waals surface area contributed by atoms with Crippen molar-refractivity contribution in [2.24, 2.45) is 4.36 Å². The van der Waals surface area contributed by atoms with E-state index in [1.165, 1.54) is 5.57 Å². The topological polar surface area (TPSA) is 29.4 Å². The number of hydrogen-bond acceptors (Lipinski definition) is 2. The number of nitrogens with zero attached hydrogens (tertiary/aromatic N) is 1. The van der Waals surface area contributed by atoms with Gasteiger partial charge in [0.2, 0.25) is 0 Å². The van der Waals surface area contributed by atoms with Gasteiger partial charge in [0.05, 0.1) is 15.5 Å². The minimum absolute atomic E-state index is 0.605. The van der Waals surface area contributed by atoms with Crippen molar-refractivity contribution in [2.75, 3.05) is 12.8 Å². The largest absolute Gasteiger partial charge is 0.244 e. The highest BCUT2D eigenvalue weighted by atomic mass is 32.2. The Morgan fingerprint density at radius 1 is 1.33 bits per heavy atom. The molecule has 0 amide bonds. The van der Waals surface area contributed by atoms with Crippen LogP contribution in [0.4, 0.5) is 0 Å². The van der Waals surface area contributed by atoms with E-state index in [0.717, 1.165) is 17.7 Å². The second kappa shape index (κ2) is 4.19. The standard InChI is InChI=1S/C12H15NOS/c1-13-15(14,10-11-6-5-7-11)12-8-3-2-4-9-12/h2-4,6,8-9H,5,7,10H2,1H3. The van der Waals surface area contributed by atoms with Crippen molar-refractivity contribution in [1.82, 2.24) is 0 Å². The number of allylic oxidation sites excluding steroid dienone is 1. The zero-order valence-corrected chi connectivity index (χ0v) is 9.67. The Bertz CT molecular complexity index is 482. The van der Waals surface area contributed by atoms with Crippen LogP contribution in [-0.4, -0.2) is 17.0 Å². The van der Waals surface area contributed by atoms with Gasteiger partial charge in [-0.05, 0) is 25.0 Å². The Labute approximate surface area is 91.2 Å². The average molecular weight is 221 g/mol. The molecule has 0 heterocycles. The van der Waals surface area contributed by atoms with E-state index in [9.17, 15) is 4.21 Å². The molecule has 2 nitrogen and oxygen atoms in total. The summed E-state index contributed by atoms with van der Waals surface area (Å²) in [6.07, 6.45) is 4.37. The molecule has 0 aromatic heterocycles. The van der Waals surface area contributed by atoms with Gasteiger partial charge in [-0.1, -0.05) is 29.8 Å². The Kier molecular flexibility index (Phi) is 2.91. The van der Waals surface area contributed by atoms with Crippen LogP contribution < -0.4 is 0 Å². The van der Waals surface area contributed by atoms with Gasteiger partial charge in [0.25, 0.3) is 0 Å². The molecule has 3 heteroatoms. The summed E-state index contributed by atoms with van der Waals surface area (Å²) >= 11 is 0. The predicted molar refractivity (Wildman–Crippen MR) is 63.4 cm³/mol. The van der Waals surface area contributed by atoms with Crippen LogP contribution in [0.5, 0.6) is 0 Å². The maximum Gasteiger partial charge on any atom is 0.0788 e. The molecule has 0 aliphatic heterocycles. The van der Waals surface area contributed by atoms with Crippen molar-refractivity contribution in [3.63, 3.8) is 0 Å². The molecule has 1 aromatic rings. The Morgan fingerprint density at radius 2 is 2.00 bits per heavy atom. The molecule has 0 radical (unpaired) electrons. The molecule has 80 valence electrons. The third-order valence-corrected chi connectivity index (χ3v) is 5.05. The maximum atomic E-state index is 12.6. The fourth-order valence-electron chi connectivity index (χ4n) is 1.62. The van der Waals surface area contributed by atoms with Crippen LogP contribution in [0, 0.1) is 0 Å². The Morgan fingerprint density at radius 3 is 2.47 bits per heavy atom. The van der Waals surface area contributed by atoms with Crippen LogP contribution in [-0.2, 0) is 9.73 Å². The number of hydrogen-bond donors (Lipinski definition) is 0. The summed E-state index contributed by atoms with van der Waals surface area (Å²) in [5.41, 5.74) is 1.29. The Balaban J connectivity index is 2.34. The van der Waals surface area contributed by atoms with Crippen molar-refractivity contribution in [1.29, 1.82) is 0 Å². The normalized spacial score (nSPS) is 18.6. The summed E-state index contributed by atoms with van der Waals surface area (Å²) in [5, 5.41) is 0. The lowest BCUT2D eigenvalue weighted by atomic mass is 10.0. The molecule has 0 saturated carbocycles. The zero-order valence-electron chi connectivity index (χ0n) is 8.85. The van der Waals surface area contributed by atoms with Gasteiger partial charge in [-0.2, -0.15) is 0 Å². The summed E-state index contributed by atoms with van der Waals surface area (Å²) in [6, 6.07) is 9.55. The van der Waals surface area contributed by atoms with E-state index in [0.29, 0.717) is 5.75 Å². The van der Waals surface area contributed by atoms with Gasteiger partial charge in [-0.25, -0.2) is 8.57 Å². The lowest BCUT2D eigenvalue weighted by Gasteiger charge is -2.17. The van der Waals surface area contributed by atoms with E-state index in [-0.39, 0.29) is 0 Å². The van der Waals surface area contributed by atoms with Gasteiger partial charge in [0.1, 0.15) is 0 Å². The van der Waals surface area contributed by atoms with Crippen molar-refractivity contribution in [3.05, 3.63) is 42.0 Å². The third-order valence-electron chi connectivity index (χ3n) is 2.69. The van der Waals surface area contributed by atoms with Crippen LogP contribution in [0.1, 0.15) is 12.8 Å². The first kappa shape index (κ1) is 10.4. The van der Waals surface area contributed by atoms with Crippen LogP contribution in [0.15, 0.2) is 51.2 Å². The van der Waals surface area contributed by atoms with Gasteiger partial charge in [0, 0.05) is 11.9 Å². The van der Waals surface area contributed by atoms with Crippen molar-refractivity contribution < 1.29 is 4.21 Å². The molecule has 0 spiro atoms. The molecule has 1 aliphatic rings. The molecule has 0 bridgehead atoms. The fourth-order valence-corrected chi connectivity index (χ4v) is 3.47. The van der Waals surface area contributed by atoms with Crippen LogP contribution >= 0.6 is 0 Å². The molecule has 1 atom stereocenters. The quantitative estimate of drug-likeness (QED) is 0.722. The zero-order chi connectivity index (χ0) is 10.7. The summed E-state index contributed by atoms with van der Waals surface area (Å²) in [4.78, 5) is 0.848. The lowest BCUT2D eigenvalue weighted by Crippen LogP contribution is -2.12. The molecule has 1 unspecified atom stereocenters. The maximum absolute atomic E-state index is 12.6. The van der Waals surface area contributed by atoms with E-state index in [4.69, 9.17) is 0 Å². The van der Waals surface area contributed by atoms with Gasteiger partial charge in [-0.3, -0.25) is 0 Å². The van der Waals surface area contributed by atoms with Crippen LogP contribution in [0.2, 0.25) is 0 Å². The first-order valence-electron chi connectivity index (χ1n) is 5.10. The van der Waals surface area contributed by atoms with E-state index in [1.807, 2.05) is 30.3 Å².